The second kappa shape index (κ2) is 4.58. The highest BCUT2D eigenvalue weighted by Gasteiger charge is 1.95. The first kappa shape index (κ1) is 9.68. The second-order valence-corrected chi connectivity index (χ2v) is 3.51. The molecule has 62 valence electrons. The quantitative estimate of drug-likeness (QED) is 0.761. The van der Waals surface area contributed by atoms with E-state index >= 15 is 0 Å². The third-order valence-electron chi connectivity index (χ3n) is 1.42. The zero-order chi connectivity index (χ0) is 8.97. The normalized spacial score (nSPS) is 11.3. The van der Waals surface area contributed by atoms with E-state index in [1.165, 1.54) is 0 Å². The van der Waals surface area contributed by atoms with Crippen molar-refractivity contribution in [2.75, 3.05) is 0 Å². The van der Waals surface area contributed by atoms with E-state index < -0.39 is 0 Å². The first-order chi connectivity index (χ1) is 5.77. The number of benzene rings is 1. The maximum Gasteiger partial charge on any atom is 0.150 e. The molecule has 0 spiro atoms. The van der Waals surface area contributed by atoms with Crippen molar-refractivity contribution in [2.24, 2.45) is 0 Å². The number of rotatable bonds is 2. The highest BCUT2D eigenvalue weighted by molar-refractivity contribution is 9.16. The Morgan fingerprint density at radius 3 is 2.25 bits per heavy atom. The standard InChI is InChI=1S/C9H6Br2O/c10-5-9(11)8-3-1-7(6-12)2-4-8/h1-6H. The third kappa shape index (κ3) is 2.29. The molecular formula is C9H6Br2O. The molecule has 1 nitrogen and oxygen atoms in total. The molecule has 3 heteroatoms. The lowest BCUT2D eigenvalue weighted by atomic mass is 10.1. The van der Waals surface area contributed by atoms with E-state index in [1.807, 2.05) is 12.1 Å². The van der Waals surface area contributed by atoms with Gasteiger partial charge in [-0.2, -0.15) is 0 Å². The van der Waals surface area contributed by atoms with Gasteiger partial charge in [0.15, 0.2) is 0 Å². The summed E-state index contributed by atoms with van der Waals surface area (Å²) in [7, 11) is 0. The number of hydrogen-bond donors (Lipinski definition) is 0. The molecule has 0 aliphatic carbocycles. The lowest BCUT2D eigenvalue weighted by Gasteiger charge is -1.97. The van der Waals surface area contributed by atoms with Crippen LogP contribution in [0.3, 0.4) is 0 Å². The van der Waals surface area contributed by atoms with Gasteiger partial charge in [0.2, 0.25) is 0 Å². The fraction of sp³-hybridized carbons (Fsp3) is 0. The summed E-state index contributed by atoms with van der Waals surface area (Å²) in [6.07, 6.45) is 0.829. The Labute approximate surface area is 87.7 Å². The van der Waals surface area contributed by atoms with Crippen molar-refractivity contribution in [3.05, 3.63) is 40.4 Å². The van der Waals surface area contributed by atoms with Crippen LogP contribution in [0, 0.1) is 0 Å². The molecule has 12 heavy (non-hydrogen) atoms. The average Bonchev–Trinajstić information content (AvgIpc) is 2.17. The van der Waals surface area contributed by atoms with E-state index in [2.05, 4.69) is 31.9 Å². The van der Waals surface area contributed by atoms with Gasteiger partial charge in [0.25, 0.3) is 0 Å². The van der Waals surface area contributed by atoms with Crippen LogP contribution in [0.5, 0.6) is 0 Å². The van der Waals surface area contributed by atoms with Gasteiger partial charge in [-0.1, -0.05) is 40.2 Å². The van der Waals surface area contributed by atoms with Gasteiger partial charge in [0, 0.05) is 10.0 Å². The predicted molar refractivity (Wildman–Crippen MR) is 57.7 cm³/mol. The molecule has 0 unspecified atom stereocenters. The summed E-state index contributed by atoms with van der Waals surface area (Å²) < 4.78 is 0.958. The molecule has 0 saturated heterocycles. The Morgan fingerprint density at radius 1 is 1.25 bits per heavy atom. The molecule has 1 rings (SSSR count). The van der Waals surface area contributed by atoms with E-state index in [0.29, 0.717) is 5.56 Å². The van der Waals surface area contributed by atoms with Gasteiger partial charge in [0.05, 0.1) is 0 Å². The summed E-state index contributed by atoms with van der Waals surface area (Å²) in [5.74, 6) is 0. The smallest absolute Gasteiger partial charge is 0.150 e. The van der Waals surface area contributed by atoms with Crippen molar-refractivity contribution in [1.82, 2.24) is 0 Å². The van der Waals surface area contributed by atoms with E-state index in [0.717, 1.165) is 16.3 Å². The molecular weight excluding hydrogens is 284 g/mol. The Morgan fingerprint density at radius 2 is 1.83 bits per heavy atom. The van der Waals surface area contributed by atoms with Crippen LogP contribution in [-0.2, 0) is 0 Å². The van der Waals surface area contributed by atoms with Gasteiger partial charge in [0.1, 0.15) is 6.29 Å². The summed E-state index contributed by atoms with van der Waals surface area (Å²) in [4.78, 5) is 12.1. The summed E-state index contributed by atoms with van der Waals surface area (Å²) in [5, 5.41) is 0. The van der Waals surface area contributed by atoms with Crippen LogP contribution in [0.2, 0.25) is 0 Å². The molecule has 1 aromatic rings. The zero-order valence-electron chi connectivity index (χ0n) is 6.13. The molecule has 1 aromatic carbocycles. The minimum atomic E-state index is 0.689. The number of hydrogen-bond acceptors (Lipinski definition) is 1. The molecule has 0 saturated carbocycles. The van der Waals surface area contributed by atoms with Crippen LogP contribution in [0.4, 0.5) is 0 Å². The third-order valence-corrected chi connectivity index (χ3v) is 3.18. The largest absolute Gasteiger partial charge is 0.298 e. The van der Waals surface area contributed by atoms with Gasteiger partial charge >= 0.3 is 0 Å². The number of halogens is 2. The maximum absolute atomic E-state index is 10.3. The average molecular weight is 290 g/mol. The molecule has 0 N–H and O–H groups in total. The lowest BCUT2D eigenvalue weighted by Crippen LogP contribution is -1.80. The highest BCUT2D eigenvalue weighted by atomic mass is 79.9. The number of aldehydes is 1. The van der Waals surface area contributed by atoms with Gasteiger partial charge < -0.3 is 0 Å². The number of carbonyl (C=O) groups is 1. The van der Waals surface area contributed by atoms with Crippen LogP contribution < -0.4 is 0 Å². The van der Waals surface area contributed by atoms with Crippen LogP contribution in [-0.4, -0.2) is 6.29 Å². The Bertz CT molecular complexity index is 301. The first-order valence-electron chi connectivity index (χ1n) is 3.29. The fourth-order valence-electron chi connectivity index (χ4n) is 0.784. The van der Waals surface area contributed by atoms with Crippen LogP contribution >= 0.6 is 31.9 Å². The Balaban J connectivity index is 2.99. The van der Waals surface area contributed by atoms with Gasteiger partial charge in [-0.25, -0.2) is 0 Å². The van der Waals surface area contributed by atoms with Crippen LogP contribution in [0.15, 0.2) is 29.3 Å². The van der Waals surface area contributed by atoms with Gasteiger partial charge in [-0.15, -0.1) is 0 Å². The Kier molecular flexibility index (Phi) is 3.69. The molecule has 0 bridgehead atoms. The van der Waals surface area contributed by atoms with Crippen molar-refractivity contribution in [2.45, 2.75) is 0 Å². The molecule has 0 atom stereocenters. The summed E-state index contributed by atoms with van der Waals surface area (Å²) in [6, 6.07) is 7.32. The molecule has 0 aliphatic rings. The summed E-state index contributed by atoms with van der Waals surface area (Å²) in [6.45, 7) is 0. The van der Waals surface area contributed by atoms with Crippen molar-refractivity contribution < 1.29 is 4.79 Å². The monoisotopic (exact) mass is 288 g/mol. The van der Waals surface area contributed by atoms with E-state index in [9.17, 15) is 4.79 Å². The SMILES string of the molecule is O=Cc1ccc(C(Br)=CBr)cc1. The summed E-state index contributed by atoms with van der Waals surface area (Å²) >= 11 is 6.57. The minimum absolute atomic E-state index is 0.689. The van der Waals surface area contributed by atoms with Gasteiger partial charge in [-0.3, -0.25) is 4.79 Å². The number of carbonyl (C=O) groups excluding carboxylic acids is 1. The maximum atomic E-state index is 10.3. The van der Waals surface area contributed by atoms with Crippen molar-refractivity contribution in [3.63, 3.8) is 0 Å². The predicted octanol–water partition coefficient (Wildman–Crippen LogP) is 3.59. The van der Waals surface area contributed by atoms with Gasteiger partial charge in [-0.05, 0) is 26.5 Å². The molecule has 0 amide bonds. The van der Waals surface area contributed by atoms with E-state index in [-0.39, 0.29) is 0 Å². The van der Waals surface area contributed by atoms with Crippen molar-refractivity contribution in [1.29, 1.82) is 0 Å². The molecule has 0 heterocycles. The Hall–Kier alpha value is -0.410. The highest BCUT2D eigenvalue weighted by Crippen LogP contribution is 2.22. The molecule has 0 aromatic heterocycles. The zero-order valence-corrected chi connectivity index (χ0v) is 9.30. The first-order valence-corrected chi connectivity index (χ1v) is 5.00. The van der Waals surface area contributed by atoms with Crippen molar-refractivity contribution >= 4 is 42.6 Å². The lowest BCUT2D eigenvalue weighted by molar-refractivity contribution is 0.112. The molecule has 0 fully saturated rings. The van der Waals surface area contributed by atoms with E-state index in [4.69, 9.17) is 0 Å². The summed E-state index contributed by atoms with van der Waals surface area (Å²) in [5.41, 5.74) is 1.73. The molecule has 0 aliphatic heterocycles. The van der Waals surface area contributed by atoms with Crippen LogP contribution in [0.25, 0.3) is 4.48 Å². The van der Waals surface area contributed by atoms with Crippen molar-refractivity contribution in [3.8, 4) is 0 Å². The second-order valence-electron chi connectivity index (χ2n) is 2.20. The van der Waals surface area contributed by atoms with Crippen LogP contribution in [0.1, 0.15) is 15.9 Å². The minimum Gasteiger partial charge on any atom is -0.298 e. The van der Waals surface area contributed by atoms with E-state index in [1.54, 1.807) is 17.1 Å². The fourth-order valence-corrected chi connectivity index (χ4v) is 1.31. The molecule has 0 radical (unpaired) electrons. The topological polar surface area (TPSA) is 17.1 Å².